The molecule has 0 aliphatic carbocycles. The Bertz CT molecular complexity index is 617. The minimum absolute atomic E-state index is 0.161. The van der Waals surface area contributed by atoms with Gasteiger partial charge >= 0.3 is 0 Å². The first-order chi connectivity index (χ1) is 9.51. The predicted molar refractivity (Wildman–Crippen MR) is 81.4 cm³/mol. The zero-order valence-corrected chi connectivity index (χ0v) is 12.5. The maximum Gasteiger partial charge on any atom is 0.123 e. The maximum absolute atomic E-state index is 13.3. The summed E-state index contributed by atoms with van der Waals surface area (Å²) in [6.45, 7) is 1.96. The van der Waals surface area contributed by atoms with Crippen molar-refractivity contribution >= 4 is 23.2 Å². The molecule has 3 N–H and O–H groups in total. The van der Waals surface area contributed by atoms with E-state index in [0.717, 1.165) is 11.1 Å². The second kappa shape index (κ2) is 6.55. The predicted octanol–water partition coefficient (Wildman–Crippen LogP) is 4.19. The molecule has 2 rings (SSSR count). The Hall–Kier alpha value is -1.13. The normalized spacial score (nSPS) is 12.4. The van der Waals surface area contributed by atoms with Crippen molar-refractivity contribution in [3.63, 3.8) is 0 Å². The van der Waals surface area contributed by atoms with Crippen LogP contribution in [0.4, 0.5) is 4.39 Å². The van der Waals surface area contributed by atoms with E-state index in [4.69, 9.17) is 29.0 Å². The van der Waals surface area contributed by atoms with Gasteiger partial charge in [0.2, 0.25) is 0 Å². The third-order valence-electron chi connectivity index (χ3n) is 3.24. The second-order valence-electron chi connectivity index (χ2n) is 4.66. The first-order valence-corrected chi connectivity index (χ1v) is 6.93. The highest BCUT2D eigenvalue weighted by Crippen LogP contribution is 2.27. The lowest BCUT2D eigenvalue weighted by Gasteiger charge is -2.19. The van der Waals surface area contributed by atoms with Gasteiger partial charge in [0.15, 0.2) is 0 Å². The van der Waals surface area contributed by atoms with Crippen LogP contribution in [0.25, 0.3) is 0 Å². The molecule has 2 aromatic rings. The summed E-state index contributed by atoms with van der Waals surface area (Å²) in [5, 5.41) is 1.20. The number of nitrogens with one attached hydrogen (secondary N) is 1. The van der Waals surface area contributed by atoms with E-state index in [9.17, 15) is 4.39 Å². The lowest BCUT2D eigenvalue weighted by Crippen LogP contribution is -2.30. The summed E-state index contributed by atoms with van der Waals surface area (Å²) in [6, 6.07) is 9.74. The van der Waals surface area contributed by atoms with Gasteiger partial charge in [-0.2, -0.15) is 0 Å². The van der Waals surface area contributed by atoms with Crippen LogP contribution < -0.4 is 11.3 Å². The van der Waals surface area contributed by atoms with E-state index in [2.05, 4.69) is 5.43 Å². The monoisotopic (exact) mass is 312 g/mol. The topological polar surface area (TPSA) is 38.0 Å². The summed E-state index contributed by atoms with van der Waals surface area (Å²) >= 11 is 12.0. The molecular formula is C15H15Cl2FN2. The highest BCUT2D eigenvalue weighted by atomic mass is 35.5. The summed E-state index contributed by atoms with van der Waals surface area (Å²) in [6.07, 6.45) is 0.496. The summed E-state index contributed by atoms with van der Waals surface area (Å²) in [7, 11) is 0. The highest BCUT2D eigenvalue weighted by Gasteiger charge is 2.15. The fourth-order valence-corrected chi connectivity index (χ4v) is 2.63. The molecule has 0 radical (unpaired) electrons. The molecule has 106 valence electrons. The third kappa shape index (κ3) is 3.49. The Labute approximate surface area is 127 Å². The van der Waals surface area contributed by atoms with Crippen LogP contribution in [0.1, 0.15) is 22.7 Å². The molecule has 0 aliphatic heterocycles. The number of hydrazine groups is 1. The standard InChI is InChI=1S/C15H15Cl2FN2/c1-9-6-11(16)2-4-13(9)15(20-19)8-10-7-12(18)3-5-14(10)17/h2-7,15,20H,8,19H2,1H3. The van der Waals surface area contributed by atoms with Crippen LogP contribution >= 0.6 is 23.2 Å². The van der Waals surface area contributed by atoms with Crippen molar-refractivity contribution in [2.24, 2.45) is 5.84 Å². The van der Waals surface area contributed by atoms with Gasteiger partial charge in [0.05, 0.1) is 6.04 Å². The molecule has 0 fully saturated rings. The Balaban J connectivity index is 2.31. The number of hydrogen-bond donors (Lipinski definition) is 2. The largest absolute Gasteiger partial charge is 0.271 e. The number of rotatable bonds is 4. The van der Waals surface area contributed by atoms with Crippen LogP contribution in [0.15, 0.2) is 36.4 Å². The number of benzene rings is 2. The fraction of sp³-hybridized carbons (Fsp3) is 0.200. The van der Waals surface area contributed by atoms with Gasteiger partial charge in [0, 0.05) is 10.0 Å². The van der Waals surface area contributed by atoms with E-state index < -0.39 is 0 Å². The fourth-order valence-electron chi connectivity index (χ4n) is 2.21. The lowest BCUT2D eigenvalue weighted by atomic mass is 9.96. The first kappa shape index (κ1) is 15.3. The lowest BCUT2D eigenvalue weighted by molar-refractivity contribution is 0.546. The van der Waals surface area contributed by atoms with E-state index in [1.165, 1.54) is 12.1 Å². The Morgan fingerprint density at radius 2 is 1.95 bits per heavy atom. The Kier molecular flexibility index (Phi) is 5.00. The van der Waals surface area contributed by atoms with E-state index in [0.29, 0.717) is 22.0 Å². The van der Waals surface area contributed by atoms with Crippen molar-refractivity contribution < 1.29 is 4.39 Å². The minimum atomic E-state index is -0.312. The summed E-state index contributed by atoms with van der Waals surface area (Å²) in [5.41, 5.74) is 5.49. The van der Waals surface area contributed by atoms with E-state index in [-0.39, 0.29) is 11.9 Å². The van der Waals surface area contributed by atoms with Crippen LogP contribution in [-0.2, 0) is 6.42 Å². The van der Waals surface area contributed by atoms with Crippen LogP contribution in [0.3, 0.4) is 0 Å². The van der Waals surface area contributed by atoms with Crippen molar-refractivity contribution in [2.45, 2.75) is 19.4 Å². The van der Waals surface area contributed by atoms with Gasteiger partial charge in [0.1, 0.15) is 5.82 Å². The van der Waals surface area contributed by atoms with Crippen LogP contribution in [0.5, 0.6) is 0 Å². The van der Waals surface area contributed by atoms with Crippen LogP contribution in [0.2, 0.25) is 10.0 Å². The van der Waals surface area contributed by atoms with Crippen molar-refractivity contribution in [3.05, 3.63) is 69.0 Å². The van der Waals surface area contributed by atoms with Gasteiger partial charge in [-0.3, -0.25) is 11.3 Å². The molecule has 0 amide bonds. The highest BCUT2D eigenvalue weighted by molar-refractivity contribution is 6.31. The van der Waals surface area contributed by atoms with Crippen molar-refractivity contribution in [2.75, 3.05) is 0 Å². The molecule has 1 atom stereocenters. The van der Waals surface area contributed by atoms with Crippen molar-refractivity contribution in [1.82, 2.24) is 5.43 Å². The average Bonchev–Trinajstić information content (AvgIpc) is 2.40. The quantitative estimate of drug-likeness (QED) is 0.656. The molecule has 2 aromatic carbocycles. The van der Waals surface area contributed by atoms with Gasteiger partial charge in [-0.15, -0.1) is 0 Å². The molecule has 0 aromatic heterocycles. The number of aryl methyl sites for hydroxylation is 1. The molecule has 20 heavy (non-hydrogen) atoms. The van der Waals surface area contributed by atoms with E-state index in [1.54, 1.807) is 12.1 Å². The molecule has 2 nitrogen and oxygen atoms in total. The van der Waals surface area contributed by atoms with Gasteiger partial charge < -0.3 is 0 Å². The van der Waals surface area contributed by atoms with E-state index >= 15 is 0 Å². The first-order valence-electron chi connectivity index (χ1n) is 6.17. The Morgan fingerprint density at radius 3 is 2.60 bits per heavy atom. The third-order valence-corrected chi connectivity index (χ3v) is 3.84. The van der Waals surface area contributed by atoms with Crippen LogP contribution in [0, 0.1) is 12.7 Å². The zero-order chi connectivity index (χ0) is 14.7. The molecule has 0 heterocycles. The van der Waals surface area contributed by atoms with Gasteiger partial charge in [-0.1, -0.05) is 29.3 Å². The molecule has 0 spiro atoms. The molecular weight excluding hydrogens is 298 g/mol. The number of halogens is 3. The zero-order valence-electron chi connectivity index (χ0n) is 11.0. The maximum atomic E-state index is 13.3. The Morgan fingerprint density at radius 1 is 1.20 bits per heavy atom. The molecule has 0 saturated carbocycles. The van der Waals surface area contributed by atoms with Gasteiger partial charge in [-0.25, -0.2) is 4.39 Å². The summed E-state index contributed by atoms with van der Waals surface area (Å²) in [4.78, 5) is 0. The minimum Gasteiger partial charge on any atom is -0.271 e. The van der Waals surface area contributed by atoms with Crippen molar-refractivity contribution in [1.29, 1.82) is 0 Å². The molecule has 1 unspecified atom stereocenters. The van der Waals surface area contributed by atoms with Crippen LogP contribution in [-0.4, -0.2) is 0 Å². The molecule has 0 saturated heterocycles. The SMILES string of the molecule is Cc1cc(Cl)ccc1C(Cc1cc(F)ccc1Cl)NN. The average molecular weight is 313 g/mol. The molecule has 0 bridgehead atoms. The molecule has 0 aliphatic rings. The summed E-state index contributed by atoms with van der Waals surface area (Å²) < 4.78 is 13.3. The van der Waals surface area contributed by atoms with Crippen molar-refractivity contribution in [3.8, 4) is 0 Å². The molecule has 5 heteroatoms. The second-order valence-corrected chi connectivity index (χ2v) is 5.50. The number of hydrogen-bond acceptors (Lipinski definition) is 2. The van der Waals surface area contributed by atoms with E-state index in [1.807, 2.05) is 19.1 Å². The van der Waals surface area contributed by atoms with Gasteiger partial charge in [0.25, 0.3) is 0 Å². The van der Waals surface area contributed by atoms with Gasteiger partial charge in [-0.05, 0) is 60.4 Å². The number of nitrogens with two attached hydrogens (primary N) is 1. The summed E-state index contributed by atoms with van der Waals surface area (Å²) in [5.74, 6) is 5.32. The smallest absolute Gasteiger partial charge is 0.123 e.